The molecule has 1 atom stereocenters. The maximum atomic E-state index is 13.8. The Kier molecular flexibility index (Phi) is 4.07. The normalized spacial score (nSPS) is 14.5. The van der Waals surface area contributed by atoms with Crippen molar-refractivity contribution in [2.75, 3.05) is 5.32 Å². The van der Waals surface area contributed by atoms with Crippen LogP contribution in [-0.2, 0) is 4.79 Å². The van der Waals surface area contributed by atoms with Crippen molar-refractivity contribution in [2.45, 2.75) is 13.0 Å². The first kappa shape index (κ1) is 16.1. The van der Waals surface area contributed by atoms with Crippen LogP contribution in [0.5, 0.6) is 0 Å². The Morgan fingerprint density at radius 1 is 1.12 bits per heavy atom. The number of benzene rings is 2. The molecule has 0 aromatic heterocycles. The number of nitrogens with one attached hydrogen (secondary N) is 1. The fourth-order valence-corrected chi connectivity index (χ4v) is 2.66. The van der Waals surface area contributed by atoms with Crippen LogP contribution in [0.4, 0.5) is 10.1 Å². The molecule has 1 aliphatic heterocycles. The molecule has 0 aliphatic carbocycles. The molecule has 3 rings (SSSR count). The van der Waals surface area contributed by atoms with E-state index in [1.807, 2.05) is 0 Å². The van der Waals surface area contributed by atoms with E-state index in [1.54, 1.807) is 12.1 Å². The molecule has 2 aromatic rings. The SMILES string of the molecule is CC(C(=O)Nc1ccc(Cl)cc1F)N1C(=O)c2ccccc2C1=O. The first-order valence-electron chi connectivity index (χ1n) is 7.13. The lowest BCUT2D eigenvalue weighted by Gasteiger charge is -2.21. The van der Waals surface area contributed by atoms with Crippen LogP contribution in [0.1, 0.15) is 27.6 Å². The van der Waals surface area contributed by atoms with Crippen LogP contribution in [-0.4, -0.2) is 28.7 Å². The smallest absolute Gasteiger partial charge is 0.262 e. The third kappa shape index (κ3) is 2.65. The zero-order chi connectivity index (χ0) is 17.4. The number of imide groups is 1. The quantitative estimate of drug-likeness (QED) is 0.868. The molecule has 0 radical (unpaired) electrons. The average molecular weight is 347 g/mol. The number of halogens is 2. The highest BCUT2D eigenvalue weighted by Gasteiger charge is 2.40. The van der Waals surface area contributed by atoms with E-state index in [0.29, 0.717) is 0 Å². The Labute approximate surface area is 142 Å². The Bertz CT molecular complexity index is 834. The summed E-state index contributed by atoms with van der Waals surface area (Å²) in [5.74, 6) is -2.47. The second-order valence-electron chi connectivity index (χ2n) is 5.32. The van der Waals surface area contributed by atoms with Crippen LogP contribution in [0, 0.1) is 5.82 Å². The largest absolute Gasteiger partial charge is 0.322 e. The number of hydrogen-bond acceptors (Lipinski definition) is 3. The summed E-state index contributed by atoms with van der Waals surface area (Å²) < 4.78 is 13.8. The van der Waals surface area contributed by atoms with Crippen LogP contribution in [0.3, 0.4) is 0 Å². The Hall–Kier alpha value is -2.73. The van der Waals surface area contributed by atoms with Gasteiger partial charge in [-0.2, -0.15) is 0 Å². The van der Waals surface area contributed by atoms with E-state index in [-0.39, 0.29) is 21.8 Å². The molecule has 122 valence electrons. The minimum absolute atomic E-state index is 0.0761. The lowest BCUT2D eigenvalue weighted by Crippen LogP contribution is -2.45. The van der Waals surface area contributed by atoms with E-state index < -0.39 is 29.6 Å². The third-order valence-corrected chi connectivity index (χ3v) is 4.02. The van der Waals surface area contributed by atoms with Crippen molar-refractivity contribution in [2.24, 2.45) is 0 Å². The molecule has 1 aliphatic rings. The van der Waals surface area contributed by atoms with Gasteiger partial charge in [-0.15, -0.1) is 0 Å². The van der Waals surface area contributed by atoms with E-state index >= 15 is 0 Å². The highest BCUT2D eigenvalue weighted by molar-refractivity contribution is 6.30. The molecular weight excluding hydrogens is 335 g/mol. The van der Waals surface area contributed by atoms with Crippen molar-refractivity contribution in [1.29, 1.82) is 0 Å². The van der Waals surface area contributed by atoms with Crippen LogP contribution >= 0.6 is 11.6 Å². The number of amides is 3. The molecule has 3 amide bonds. The first-order valence-corrected chi connectivity index (χ1v) is 7.51. The Morgan fingerprint density at radius 2 is 1.71 bits per heavy atom. The fraction of sp³-hybridized carbons (Fsp3) is 0.118. The van der Waals surface area contributed by atoms with Gasteiger partial charge < -0.3 is 5.32 Å². The molecule has 0 fully saturated rings. The summed E-state index contributed by atoms with van der Waals surface area (Å²) in [6.07, 6.45) is 0. The van der Waals surface area contributed by atoms with E-state index in [9.17, 15) is 18.8 Å². The van der Waals surface area contributed by atoms with Crippen molar-refractivity contribution in [3.63, 3.8) is 0 Å². The van der Waals surface area contributed by atoms with Gasteiger partial charge in [-0.3, -0.25) is 19.3 Å². The molecule has 0 saturated heterocycles. The lowest BCUT2D eigenvalue weighted by atomic mass is 10.1. The topological polar surface area (TPSA) is 66.5 Å². The van der Waals surface area contributed by atoms with Gasteiger partial charge in [-0.1, -0.05) is 23.7 Å². The highest BCUT2D eigenvalue weighted by atomic mass is 35.5. The molecule has 0 spiro atoms. The van der Waals surface area contributed by atoms with Gasteiger partial charge >= 0.3 is 0 Å². The summed E-state index contributed by atoms with van der Waals surface area (Å²) in [4.78, 5) is 37.9. The Morgan fingerprint density at radius 3 is 2.25 bits per heavy atom. The van der Waals surface area contributed by atoms with Gasteiger partial charge in [-0.25, -0.2) is 4.39 Å². The fourth-order valence-electron chi connectivity index (χ4n) is 2.50. The second-order valence-corrected chi connectivity index (χ2v) is 5.75. The molecule has 0 bridgehead atoms. The maximum absolute atomic E-state index is 13.8. The molecule has 1 heterocycles. The van der Waals surface area contributed by atoms with E-state index in [0.717, 1.165) is 11.0 Å². The summed E-state index contributed by atoms with van der Waals surface area (Å²) >= 11 is 5.66. The Balaban J connectivity index is 1.82. The number of fused-ring (bicyclic) bond motifs is 1. The van der Waals surface area contributed by atoms with E-state index in [4.69, 9.17) is 11.6 Å². The third-order valence-electron chi connectivity index (χ3n) is 3.78. The number of carbonyl (C=O) groups excluding carboxylic acids is 3. The van der Waals surface area contributed by atoms with Crippen molar-refractivity contribution in [3.8, 4) is 0 Å². The minimum atomic E-state index is -1.09. The summed E-state index contributed by atoms with van der Waals surface area (Å²) in [5.41, 5.74) is 0.424. The molecule has 24 heavy (non-hydrogen) atoms. The van der Waals surface area contributed by atoms with Gasteiger partial charge in [0.25, 0.3) is 11.8 Å². The number of rotatable bonds is 3. The zero-order valence-electron chi connectivity index (χ0n) is 12.5. The molecule has 1 unspecified atom stereocenters. The van der Waals surface area contributed by atoms with Crippen LogP contribution < -0.4 is 5.32 Å². The summed E-state index contributed by atoms with van der Waals surface area (Å²) in [7, 11) is 0. The minimum Gasteiger partial charge on any atom is -0.322 e. The van der Waals surface area contributed by atoms with Gasteiger partial charge in [0.15, 0.2) is 0 Å². The van der Waals surface area contributed by atoms with Crippen molar-refractivity contribution < 1.29 is 18.8 Å². The molecule has 1 N–H and O–H groups in total. The summed E-state index contributed by atoms with van der Waals surface area (Å²) in [6, 6.07) is 9.04. The second kappa shape index (κ2) is 6.05. The zero-order valence-corrected chi connectivity index (χ0v) is 13.3. The molecule has 2 aromatic carbocycles. The maximum Gasteiger partial charge on any atom is 0.262 e. The van der Waals surface area contributed by atoms with Gasteiger partial charge in [-0.05, 0) is 37.3 Å². The molecule has 0 saturated carbocycles. The van der Waals surface area contributed by atoms with Crippen molar-refractivity contribution >= 4 is 35.0 Å². The molecular formula is C17H12ClFN2O3. The molecule has 7 heteroatoms. The van der Waals surface area contributed by atoms with Gasteiger partial charge in [0.05, 0.1) is 16.8 Å². The predicted molar refractivity (Wildman–Crippen MR) is 86.4 cm³/mol. The van der Waals surface area contributed by atoms with Gasteiger partial charge in [0.1, 0.15) is 11.9 Å². The standard InChI is InChI=1S/C17H12ClFN2O3/c1-9(15(22)20-14-7-6-10(18)8-13(14)19)21-16(23)11-4-2-3-5-12(11)17(21)24/h2-9H,1H3,(H,20,22). The number of nitrogens with zero attached hydrogens (tertiary/aromatic N) is 1. The predicted octanol–water partition coefficient (Wildman–Crippen LogP) is 3.10. The summed E-state index contributed by atoms with van der Waals surface area (Å²) in [6.45, 7) is 1.41. The van der Waals surface area contributed by atoms with Crippen molar-refractivity contribution in [1.82, 2.24) is 4.90 Å². The van der Waals surface area contributed by atoms with Crippen molar-refractivity contribution in [3.05, 3.63) is 64.4 Å². The van der Waals surface area contributed by atoms with Crippen LogP contribution in [0.25, 0.3) is 0 Å². The number of carbonyl (C=O) groups is 3. The van der Waals surface area contributed by atoms with Gasteiger partial charge in [0.2, 0.25) is 5.91 Å². The van der Waals surface area contributed by atoms with E-state index in [1.165, 1.54) is 31.2 Å². The molecule has 5 nitrogen and oxygen atoms in total. The number of anilines is 1. The lowest BCUT2D eigenvalue weighted by molar-refractivity contribution is -0.119. The van der Waals surface area contributed by atoms with Crippen LogP contribution in [0.2, 0.25) is 5.02 Å². The number of hydrogen-bond donors (Lipinski definition) is 1. The first-order chi connectivity index (χ1) is 11.4. The van der Waals surface area contributed by atoms with Crippen LogP contribution in [0.15, 0.2) is 42.5 Å². The van der Waals surface area contributed by atoms with E-state index in [2.05, 4.69) is 5.32 Å². The van der Waals surface area contributed by atoms with Gasteiger partial charge in [0, 0.05) is 5.02 Å². The highest BCUT2D eigenvalue weighted by Crippen LogP contribution is 2.25. The monoisotopic (exact) mass is 346 g/mol. The summed E-state index contributed by atoms with van der Waals surface area (Å²) in [5, 5.41) is 2.56. The average Bonchev–Trinajstić information content (AvgIpc) is 2.81.